The third kappa shape index (κ3) is 5.51. The zero-order chi connectivity index (χ0) is 15.0. The number of rotatable bonds is 9. The molecule has 1 aromatic rings. The van der Waals surface area contributed by atoms with Crippen LogP contribution in [0.25, 0.3) is 0 Å². The smallest absolute Gasteiger partial charge is 0.220 e. The van der Waals surface area contributed by atoms with Gasteiger partial charge in [-0.3, -0.25) is 4.79 Å². The largest absolute Gasteiger partial charge is 0.504 e. The molecule has 4 N–H and O–H groups in total. The maximum Gasteiger partial charge on any atom is 0.220 e. The third-order valence-corrected chi connectivity index (χ3v) is 3.58. The number of carbonyl (C=O) groups excluding carboxylic acids is 1. The maximum absolute atomic E-state index is 11.5. The summed E-state index contributed by atoms with van der Waals surface area (Å²) in [4.78, 5) is 11.5. The zero-order valence-electron chi connectivity index (χ0n) is 12.1. The van der Waals surface area contributed by atoms with Gasteiger partial charge in [0.2, 0.25) is 5.91 Å². The van der Waals surface area contributed by atoms with E-state index >= 15 is 0 Å². The van der Waals surface area contributed by atoms with Crippen LogP contribution in [-0.4, -0.2) is 16.1 Å². The summed E-state index contributed by atoms with van der Waals surface area (Å²) < 4.78 is 0. The number of hydrogen-bond donors (Lipinski definition) is 3. The second kappa shape index (κ2) is 8.46. The van der Waals surface area contributed by atoms with Crippen molar-refractivity contribution in [3.8, 4) is 11.5 Å². The number of primary amides is 1. The highest BCUT2D eigenvalue weighted by Gasteiger charge is 2.16. The Bertz CT molecular complexity index is 432. The first kappa shape index (κ1) is 16.3. The lowest BCUT2D eigenvalue weighted by atomic mass is 9.92. The van der Waals surface area contributed by atoms with Gasteiger partial charge in [-0.05, 0) is 30.5 Å². The molecule has 1 aromatic carbocycles. The Morgan fingerprint density at radius 3 is 2.45 bits per heavy atom. The van der Waals surface area contributed by atoms with Crippen molar-refractivity contribution >= 4 is 5.91 Å². The quantitative estimate of drug-likeness (QED) is 0.479. The van der Waals surface area contributed by atoms with Crippen LogP contribution < -0.4 is 5.73 Å². The van der Waals surface area contributed by atoms with Gasteiger partial charge in [-0.2, -0.15) is 0 Å². The number of aromatic hydroxyl groups is 2. The van der Waals surface area contributed by atoms with E-state index in [1.807, 2.05) is 0 Å². The molecule has 112 valence electrons. The summed E-state index contributed by atoms with van der Waals surface area (Å²) in [5, 5.41) is 18.7. The number of benzene rings is 1. The third-order valence-electron chi connectivity index (χ3n) is 3.58. The van der Waals surface area contributed by atoms with Crippen LogP contribution in [0.1, 0.15) is 51.0 Å². The second-order valence-electron chi connectivity index (χ2n) is 5.33. The number of unbranched alkanes of at least 4 members (excludes halogenated alkanes) is 4. The summed E-state index contributed by atoms with van der Waals surface area (Å²) in [7, 11) is 0. The molecule has 1 atom stereocenters. The first-order valence-electron chi connectivity index (χ1n) is 7.34. The Morgan fingerprint density at radius 2 is 1.85 bits per heavy atom. The molecule has 1 rings (SSSR count). The van der Waals surface area contributed by atoms with E-state index in [0.717, 1.165) is 24.8 Å². The highest BCUT2D eigenvalue weighted by molar-refractivity contribution is 5.77. The van der Waals surface area contributed by atoms with Gasteiger partial charge in [-0.1, -0.05) is 45.1 Å². The van der Waals surface area contributed by atoms with E-state index < -0.39 is 0 Å². The second-order valence-corrected chi connectivity index (χ2v) is 5.33. The van der Waals surface area contributed by atoms with Crippen LogP contribution in [0, 0.1) is 5.92 Å². The average molecular weight is 279 g/mol. The van der Waals surface area contributed by atoms with Gasteiger partial charge < -0.3 is 15.9 Å². The van der Waals surface area contributed by atoms with E-state index in [9.17, 15) is 15.0 Å². The molecule has 0 aliphatic heterocycles. The van der Waals surface area contributed by atoms with E-state index in [1.54, 1.807) is 6.07 Å². The van der Waals surface area contributed by atoms with Crippen molar-refractivity contribution in [1.29, 1.82) is 0 Å². The Kier molecular flexibility index (Phi) is 6.91. The molecule has 0 saturated heterocycles. The standard InChI is InChI=1S/C16H25NO3/c1-2-3-4-5-6-7-13(16(17)20)10-12-8-9-14(18)15(19)11-12/h8-9,11,13,18-19H,2-7,10H2,1H3,(H2,17,20). The first-order chi connectivity index (χ1) is 9.54. The van der Waals surface area contributed by atoms with Gasteiger partial charge in [0.15, 0.2) is 11.5 Å². The molecule has 0 radical (unpaired) electrons. The van der Waals surface area contributed by atoms with Crippen LogP contribution in [0.5, 0.6) is 11.5 Å². The molecule has 0 heterocycles. The van der Waals surface area contributed by atoms with Gasteiger partial charge in [0.25, 0.3) is 0 Å². The van der Waals surface area contributed by atoms with Crippen LogP contribution in [0.3, 0.4) is 0 Å². The summed E-state index contributed by atoms with van der Waals surface area (Å²) in [6, 6.07) is 4.63. The summed E-state index contributed by atoms with van der Waals surface area (Å²) in [5.74, 6) is -0.814. The minimum atomic E-state index is -0.298. The summed E-state index contributed by atoms with van der Waals surface area (Å²) >= 11 is 0. The average Bonchev–Trinajstić information content (AvgIpc) is 2.41. The minimum absolute atomic E-state index is 0.149. The molecule has 0 aliphatic rings. The van der Waals surface area contributed by atoms with Crippen molar-refractivity contribution in [2.24, 2.45) is 11.7 Å². The van der Waals surface area contributed by atoms with Crippen molar-refractivity contribution in [2.45, 2.75) is 51.9 Å². The summed E-state index contributed by atoms with van der Waals surface area (Å²) in [6.07, 6.45) is 7.04. The van der Waals surface area contributed by atoms with E-state index in [0.29, 0.717) is 6.42 Å². The van der Waals surface area contributed by atoms with E-state index in [1.165, 1.54) is 31.4 Å². The lowest BCUT2D eigenvalue weighted by molar-refractivity contribution is -0.122. The van der Waals surface area contributed by atoms with Crippen molar-refractivity contribution in [2.75, 3.05) is 0 Å². The molecule has 4 heteroatoms. The molecule has 0 fully saturated rings. The van der Waals surface area contributed by atoms with E-state index in [-0.39, 0.29) is 23.3 Å². The van der Waals surface area contributed by atoms with E-state index in [4.69, 9.17) is 5.73 Å². The van der Waals surface area contributed by atoms with Gasteiger partial charge in [0.05, 0.1) is 0 Å². The number of amides is 1. The zero-order valence-corrected chi connectivity index (χ0v) is 12.1. The molecule has 0 saturated carbocycles. The van der Waals surface area contributed by atoms with Gasteiger partial charge in [-0.15, -0.1) is 0 Å². The summed E-state index contributed by atoms with van der Waals surface area (Å²) in [6.45, 7) is 2.17. The molecule has 0 aromatic heterocycles. The fraction of sp³-hybridized carbons (Fsp3) is 0.562. The topological polar surface area (TPSA) is 83.6 Å². The normalized spacial score (nSPS) is 12.2. The molecular formula is C16H25NO3. The fourth-order valence-electron chi connectivity index (χ4n) is 2.32. The van der Waals surface area contributed by atoms with Crippen molar-refractivity contribution < 1.29 is 15.0 Å². The van der Waals surface area contributed by atoms with Crippen molar-refractivity contribution in [3.05, 3.63) is 23.8 Å². The Balaban J connectivity index is 2.49. The fourth-order valence-corrected chi connectivity index (χ4v) is 2.32. The summed E-state index contributed by atoms with van der Waals surface area (Å²) in [5.41, 5.74) is 6.26. The molecule has 1 unspecified atom stereocenters. The predicted octanol–water partition coefficient (Wildman–Crippen LogP) is 3.10. The number of phenolic OH excluding ortho intramolecular Hbond substituents is 2. The predicted molar refractivity (Wildman–Crippen MR) is 79.5 cm³/mol. The lowest BCUT2D eigenvalue weighted by Gasteiger charge is -2.13. The Hall–Kier alpha value is -1.71. The highest BCUT2D eigenvalue weighted by Crippen LogP contribution is 2.27. The molecule has 0 spiro atoms. The van der Waals surface area contributed by atoms with Gasteiger partial charge in [0, 0.05) is 5.92 Å². The SMILES string of the molecule is CCCCCCCC(Cc1ccc(O)c(O)c1)C(N)=O. The number of carbonyl (C=O) groups is 1. The Morgan fingerprint density at radius 1 is 1.15 bits per heavy atom. The molecule has 1 amide bonds. The van der Waals surface area contributed by atoms with Gasteiger partial charge in [0.1, 0.15) is 0 Å². The number of hydrogen-bond acceptors (Lipinski definition) is 3. The molecule has 0 aliphatic carbocycles. The highest BCUT2D eigenvalue weighted by atomic mass is 16.3. The molecular weight excluding hydrogens is 254 g/mol. The minimum Gasteiger partial charge on any atom is -0.504 e. The molecule has 20 heavy (non-hydrogen) atoms. The van der Waals surface area contributed by atoms with Crippen LogP contribution in [-0.2, 0) is 11.2 Å². The van der Waals surface area contributed by atoms with Gasteiger partial charge >= 0.3 is 0 Å². The molecule has 0 bridgehead atoms. The maximum atomic E-state index is 11.5. The molecule has 4 nitrogen and oxygen atoms in total. The first-order valence-corrected chi connectivity index (χ1v) is 7.34. The lowest BCUT2D eigenvalue weighted by Crippen LogP contribution is -2.25. The van der Waals surface area contributed by atoms with Crippen LogP contribution in [0.2, 0.25) is 0 Å². The van der Waals surface area contributed by atoms with Crippen molar-refractivity contribution in [3.63, 3.8) is 0 Å². The van der Waals surface area contributed by atoms with Crippen LogP contribution >= 0.6 is 0 Å². The Labute approximate surface area is 120 Å². The number of nitrogens with two attached hydrogens (primary N) is 1. The van der Waals surface area contributed by atoms with E-state index in [2.05, 4.69) is 6.92 Å². The van der Waals surface area contributed by atoms with Crippen LogP contribution in [0.15, 0.2) is 18.2 Å². The van der Waals surface area contributed by atoms with Crippen molar-refractivity contribution in [1.82, 2.24) is 0 Å². The van der Waals surface area contributed by atoms with Crippen LogP contribution in [0.4, 0.5) is 0 Å². The number of phenols is 2. The van der Waals surface area contributed by atoms with Gasteiger partial charge in [-0.25, -0.2) is 0 Å². The monoisotopic (exact) mass is 279 g/mol.